The van der Waals surface area contributed by atoms with Crippen LogP contribution < -0.4 is 5.32 Å². The fourth-order valence-corrected chi connectivity index (χ4v) is 2.21. The summed E-state index contributed by atoms with van der Waals surface area (Å²) in [6.07, 6.45) is 5.86. The molecule has 0 aliphatic carbocycles. The number of rotatable bonds is 5. The predicted molar refractivity (Wildman–Crippen MR) is 76.0 cm³/mol. The maximum atomic E-state index is 4.61. The Morgan fingerprint density at radius 3 is 2.42 bits per heavy atom. The van der Waals surface area contributed by atoms with Gasteiger partial charge in [0, 0.05) is 24.6 Å². The Hall–Kier alpha value is -1.75. The second kappa shape index (κ2) is 5.93. The number of nitrogens with zero attached hydrogens (tertiary/aromatic N) is 4. The topological polar surface area (TPSA) is 55.6 Å². The molecule has 0 atom stereocenters. The molecule has 0 saturated carbocycles. The third kappa shape index (κ3) is 3.17. The van der Waals surface area contributed by atoms with E-state index in [1.54, 1.807) is 10.9 Å². The van der Waals surface area contributed by atoms with Gasteiger partial charge in [-0.1, -0.05) is 0 Å². The fourth-order valence-electron chi connectivity index (χ4n) is 2.21. The van der Waals surface area contributed by atoms with Gasteiger partial charge in [0.1, 0.15) is 0 Å². The summed E-state index contributed by atoms with van der Waals surface area (Å²) in [7, 11) is 3.87. The van der Waals surface area contributed by atoms with Gasteiger partial charge >= 0.3 is 0 Å². The Balaban J connectivity index is 2.26. The molecule has 2 heterocycles. The van der Waals surface area contributed by atoms with Gasteiger partial charge in [0.05, 0.1) is 11.8 Å². The average Bonchev–Trinajstić information content (AvgIpc) is 2.79. The molecule has 5 heteroatoms. The molecule has 2 aromatic heterocycles. The van der Waals surface area contributed by atoms with Crippen molar-refractivity contribution in [3.8, 4) is 11.4 Å². The standard InChI is InChI=1S/C14H21N5/c1-10-13(6-5-7-15-3)11(2)18-14(17-10)12-8-16-19(4)9-12/h8-9,15H,5-7H2,1-4H3. The van der Waals surface area contributed by atoms with Crippen molar-refractivity contribution in [2.45, 2.75) is 26.7 Å². The molecule has 19 heavy (non-hydrogen) atoms. The smallest absolute Gasteiger partial charge is 0.162 e. The molecule has 0 aliphatic rings. The summed E-state index contributed by atoms with van der Waals surface area (Å²) >= 11 is 0. The lowest BCUT2D eigenvalue weighted by molar-refractivity contribution is 0.715. The lowest BCUT2D eigenvalue weighted by atomic mass is 10.1. The first-order valence-electron chi connectivity index (χ1n) is 6.59. The van der Waals surface area contributed by atoms with Crippen LogP contribution in [0.3, 0.4) is 0 Å². The van der Waals surface area contributed by atoms with Crippen LogP contribution >= 0.6 is 0 Å². The molecule has 0 bridgehead atoms. The van der Waals surface area contributed by atoms with Gasteiger partial charge in [-0.15, -0.1) is 0 Å². The molecular weight excluding hydrogens is 238 g/mol. The Kier molecular flexibility index (Phi) is 4.27. The van der Waals surface area contributed by atoms with Crippen molar-refractivity contribution in [1.82, 2.24) is 25.1 Å². The van der Waals surface area contributed by atoms with Crippen LogP contribution in [0.5, 0.6) is 0 Å². The zero-order valence-corrected chi connectivity index (χ0v) is 12.1. The highest BCUT2D eigenvalue weighted by Gasteiger charge is 2.10. The van der Waals surface area contributed by atoms with Crippen molar-refractivity contribution in [2.24, 2.45) is 7.05 Å². The number of hydrogen-bond donors (Lipinski definition) is 1. The van der Waals surface area contributed by atoms with E-state index in [9.17, 15) is 0 Å². The first-order chi connectivity index (χ1) is 9.11. The summed E-state index contributed by atoms with van der Waals surface area (Å²) in [6.45, 7) is 5.13. The largest absolute Gasteiger partial charge is 0.320 e. The van der Waals surface area contributed by atoms with E-state index in [0.29, 0.717) is 0 Å². The minimum Gasteiger partial charge on any atom is -0.320 e. The summed E-state index contributed by atoms with van der Waals surface area (Å²) in [5, 5.41) is 7.33. The molecule has 0 amide bonds. The first kappa shape index (κ1) is 13.7. The first-order valence-corrected chi connectivity index (χ1v) is 6.59. The van der Waals surface area contributed by atoms with Gasteiger partial charge in [-0.2, -0.15) is 5.10 Å². The second-order valence-corrected chi connectivity index (χ2v) is 4.81. The zero-order valence-electron chi connectivity index (χ0n) is 12.1. The number of aryl methyl sites for hydroxylation is 3. The van der Waals surface area contributed by atoms with Crippen LogP contribution in [0.1, 0.15) is 23.4 Å². The van der Waals surface area contributed by atoms with E-state index >= 15 is 0 Å². The molecule has 0 aliphatic heterocycles. The summed E-state index contributed by atoms with van der Waals surface area (Å²) < 4.78 is 1.77. The quantitative estimate of drug-likeness (QED) is 0.829. The van der Waals surface area contributed by atoms with Crippen molar-refractivity contribution in [1.29, 1.82) is 0 Å². The maximum Gasteiger partial charge on any atom is 0.162 e. The van der Waals surface area contributed by atoms with E-state index in [2.05, 4.69) is 34.2 Å². The Morgan fingerprint density at radius 1 is 1.21 bits per heavy atom. The Bertz CT molecular complexity index is 536. The van der Waals surface area contributed by atoms with Crippen LogP contribution in [-0.4, -0.2) is 33.3 Å². The van der Waals surface area contributed by atoms with Crippen molar-refractivity contribution < 1.29 is 0 Å². The molecule has 0 fully saturated rings. The molecule has 0 saturated heterocycles. The zero-order chi connectivity index (χ0) is 13.8. The monoisotopic (exact) mass is 259 g/mol. The van der Waals surface area contributed by atoms with E-state index in [1.807, 2.05) is 20.3 Å². The van der Waals surface area contributed by atoms with Crippen LogP contribution in [0.25, 0.3) is 11.4 Å². The number of nitrogens with one attached hydrogen (secondary N) is 1. The third-order valence-electron chi connectivity index (χ3n) is 3.24. The average molecular weight is 259 g/mol. The van der Waals surface area contributed by atoms with E-state index < -0.39 is 0 Å². The highest BCUT2D eigenvalue weighted by Crippen LogP contribution is 2.19. The fraction of sp³-hybridized carbons (Fsp3) is 0.500. The van der Waals surface area contributed by atoms with Gasteiger partial charge in [0.25, 0.3) is 0 Å². The predicted octanol–water partition coefficient (Wildman–Crippen LogP) is 1.65. The van der Waals surface area contributed by atoms with Gasteiger partial charge in [0.2, 0.25) is 0 Å². The maximum absolute atomic E-state index is 4.61. The molecule has 2 aromatic rings. The molecule has 0 aromatic carbocycles. The molecule has 1 N–H and O–H groups in total. The van der Waals surface area contributed by atoms with Crippen molar-refractivity contribution in [3.63, 3.8) is 0 Å². The minimum atomic E-state index is 0.764. The molecule has 0 unspecified atom stereocenters. The Morgan fingerprint density at radius 2 is 1.89 bits per heavy atom. The minimum absolute atomic E-state index is 0.764. The van der Waals surface area contributed by atoms with Crippen LogP contribution in [-0.2, 0) is 13.5 Å². The molecular formula is C14H21N5. The number of hydrogen-bond acceptors (Lipinski definition) is 4. The van der Waals surface area contributed by atoms with Crippen LogP contribution in [0.15, 0.2) is 12.4 Å². The summed E-state index contributed by atoms with van der Waals surface area (Å²) in [5.41, 5.74) is 4.38. The Labute approximate surface area is 114 Å². The highest BCUT2D eigenvalue weighted by atomic mass is 15.2. The van der Waals surface area contributed by atoms with Crippen LogP contribution in [0.2, 0.25) is 0 Å². The normalized spacial score (nSPS) is 10.9. The van der Waals surface area contributed by atoms with Gasteiger partial charge in [-0.3, -0.25) is 4.68 Å². The molecule has 5 nitrogen and oxygen atoms in total. The van der Waals surface area contributed by atoms with Crippen LogP contribution in [0, 0.1) is 13.8 Å². The summed E-state index contributed by atoms with van der Waals surface area (Å²) in [6, 6.07) is 0. The van der Waals surface area contributed by atoms with Gasteiger partial charge in [-0.05, 0) is 45.8 Å². The van der Waals surface area contributed by atoms with Gasteiger partial charge < -0.3 is 5.32 Å². The van der Waals surface area contributed by atoms with Gasteiger partial charge in [-0.25, -0.2) is 9.97 Å². The molecule has 0 spiro atoms. The molecule has 2 rings (SSSR count). The summed E-state index contributed by atoms with van der Waals surface area (Å²) in [4.78, 5) is 9.22. The SMILES string of the molecule is CNCCCc1c(C)nc(-c2cnn(C)c2)nc1C. The molecule has 0 radical (unpaired) electrons. The van der Waals surface area contributed by atoms with Crippen molar-refractivity contribution in [3.05, 3.63) is 29.3 Å². The van der Waals surface area contributed by atoms with E-state index in [4.69, 9.17) is 0 Å². The van der Waals surface area contributed by atoms with E-state index in [0.717, 1.165) is 42.2 Å². The van der Waals surface area contributed by atoms with Gasteiger partial charge in [0.15, 0.2) is 5.82 Å². The van der Waals surface area contributed by atoms with Crippen LogP contribution in [0.4, 0.5) is 0 Å². The lowest BCUT2D eigenvalue weighted by Gasteiger charge is -2.10. The number of aromatic nitrogens is 4. The van der Waals surface area contributed by atoms with Crippen molar-refractivity contribution in [2.75, 3.05) is 13.6 Å². The van der Waals surface area contributed by atoms with E-state index in [1.165, 1.54) is 5.56 Å². The third-order valence-corrected chi connectivity index (χ3v) is 3.24. The molecule has 102 valence electrons. The highest BCUT2D eigenvalue weighted by molar-refractivity contribution is 5.53. The lowest BCUT2D eigenvalue weighted by Crippen LogP contribution is -2.10. The second-order valence-electron chi connectivity index (χ2n) is 4.81. The van der Waals surface area contributed by atoms with E-state index in [-0.39, 0.29) is 0 Å². The van der Waals surface area contributed by atoms with Crippen molar-refractivity contribution >= 4 is 0 Å². The summed E-state index contributed by atoms with van der Waals surface area (Å²) in [5.74, 6) is 0.764.